The van der Waals surface area contributed by atoms with Gasteiger partial charge in [0, 0.05) is 21.7 Å². The van der Waals surface area contributed by atoms with E-state index in [9.17, 15) is 0 Å². The molecule has 0 aliphatic heterocycles. The third kappa shape index (κ3) is 1.93. The van der Waals surface area contributed by atoms with Crippen LogP contribution in [0.2, 0.25) is 5.02 Å². The third-order valence-corrected chi connectivity index (χ3v) is 6.14. The Morgan fingerprint density at radius 3 is 2.60 bits per heavy atom. The highest BCUT2D eigenvalue weighted by atomic mass is 35.5. The molecule has 2 fully saturated rings. The first-order valence-electron chi connectivity index (χ1n) is 7.30. The van der Waals surface area contributed by atoms with Gasteiger partial charge in [-0.25, -0.2) is 0 Å². The van der Waals surface area contributed by atoms with Gasteiger partial charge in [-0.3, -0.25) is 0 Å². The Bertz CT molecular complexity index is 588. The number of hydrogen-bond donors (Lipinski definition) is 0. The van der Waals surface area contributed by atoms with E-state index in [-0.39, 0.29) is 5.41 Å². The summed E-state index contributed by atoms with van der Waals surface area (Å²) < 4.78 is 0. The number of hydrogen-bond acceptors (Lipinski definition) is 2. The number of benzene rings is 1. The van der Waals surface area contributed by atoms with Crippen LogP contribution in [0.5, 0.6) is 0 Å². The molecule has 2 nitrogen and oxygen atoms in total. The van der Waals surface area contributed by atoms with E-state index in [1.54, 1.807) is 6.21 Å². The molecule has 0 saturated heterocycles. The van der Waals surface area contributed by atoms with E-state index in [1.165, 1.54) is 18.6 Å². The van der Waals surface area contributed by atoms with E-state index >= 15 is 0 Å². The molecule has 1 aromatic rings. The summed E-state index contributed by atoms with van der Waals surface area (Å²) in [6.07, 6.45) is 5.43. The standard InChI is InChI=1S/C17H21ClN2/c1-16(2)13-8-9-17(16,3)15(10-13)20-19-11-12-6-4-5-7-14(12)18/h4-7,11,13H,8-10H2,1-3H3/b19-11-,20-15+/t13-,17+/m1/s1. The van der Waals surface area contributed by atoms with E-state index < -0.39 is 0 Å². The molecule has 3 rings (SSSR count). The van der Waals surface area contributed by atoms with Crippen LogP contribution in [0.1, 0.15) is 45.6 Å². The van der Waals surface area contributed by atoms with Crippen LogP contribution in [0, 0.1) is 16.7 Å². The first kappa shape index (κ1) is 13.8. The summed E-state index contributed by atoms with van der Waals surface area (Å²) in [7, 11) is 0. The van der Waals surface area contributed by atoms with Crippen LogP contribution in [-0.2, 0) is 0 Å². The zero-order valence-corrected chi connectivity index (χ0v) is 13.1. The minimum Gasteiger partial charge on any atom is -0.160 e. The van der Waals surface area contributed by atoms with E-state index in [0.29, 0.717) is 5.41 Å². The van der Waals surface area contributed by atoms with Crippen molar-refractivity contribution in [2.75, 3.05) is 0 Å². The lowest BCUT2D eigenvalue weighted by molar-refractivity contribution is 0.194. The lowest BCUT2D eigenvalue weighted by Crippen LogP contribution is -2.32. The Kier molecular flexibility index (Phi) is 3.24. The predicted molar refractivity (Wildman–Crippen MR) is 85.7 cm³/mol. The molecule has 20 heavy (non-hydrogen) atoms. The Labute approximate surface area is 125 Å². The molecule has 0 spiro atoms. The van der Waals surface area contributed by atoms with Gasteiger partial charge < -0.3 is 0 Å². The second-order valence-electron chi connectivity index (χ2n) is 6.81. The maximum Gasteiger partial charge on any atom is 0.0583 e. The van der Waals surface area contributed by atoms with Gasteiger partial charge in [0.1, 0.15) is 0 Å². The predicted octanol–water partition coefficient (Wildman–Crippen LogP) is 4.96. The summed E-state index contributed by atoms with van der Waals surface area (Å²) in [5.74, 6) is 0.766. The van der Waals surface area contributed by atoms with Crippen molar-refractivity contribution in [2.24, 2.45) is 27.0 Å². The number of rotatable bonds is 2. The SMILES string of the molecule is CC1(C)[C@@H]2CC[C@@]1(C)/C(=N/N=C\c1ccccc1Cl)C2. The zero-order chi connectivity index (χ0) is 14.4. The highest BCUT2D eigenvalue weighted by molar-refractivity contribution is 6.33. The summed E-state index contributed by atoms with van der Waals surface area (Å²) in [6, 6.07) is 7.71. The van der Waals surface area contributed by atoms with Gasteiger partial charge in [0.15, 0.2) is 0 Å². The molecule has 0 amide bonds. The maximum absolute atomic E-state index is 6.12. The van der Waals surface area contributed by atoms with Gasteiger partial charge in [-0.1, -0.05) is 50.6 Å². The van der Waals surface area contributed by atoms with Gasteiger partial charge in [0.2, 0.25) is 0 Å². The molecule has 2 atom stereocenters. The second-order valence-corrected chi connectivity index (χ2v) is 7.21. The van der Waals surface area contributed by atoms with Crippen LogP contribution in [0.25, 0.3) is 0 Å². The molecule has 0 aromatic heterocycles. The Hall–Kier alpha value is -1.15. The van der Waals surface area contributed by atoms with Crippen LogP contribution >= 0.6 is 11.6 Å². The van der Waals surface area contributed by atoms with Crippen molar-refractivity contribution >= 4 is 23.5 Å². The lowest BCUT2D eigenvalue weighted by Gasteiger charge is -2.34. The van der Waals surface area contributed by atoms with Crippen molar-refractivity contribution in [3.8, 4) is 0 Å². The zero-order valence-electron chi connectivity index (χ0n) is 12.4. The first-order valence-corrected chi connectivity index (χ1v) is 7.68. The molecule has 0 radical (unpaired) electrons. The minimum atomic E-state index is 0.218. The van der Waals surface area contributed by atoms with E-state index in [0.717, 1.165) is 22.9 Å². The monoisotopic (exact) mass is 288 g/mol. The highest BCUT2D eigenvalue weighted by Gasteiger charge is 2.59. The molecule has 2 bridgehead atoms. The topological polar surface area (TPSA) is 24.7 Å². The van der Waals surface area contributed by atoms with E-state index in [2.05, 4.69) is 31.0 Å². The summed E-state index contributed by atoms with van der Waals surface area (Å²) in [4.78, 5) is 0. The molecular formula is C17H21ClN2. The quantitative estimate of drug-likeness (QED) is 0.543. The Morgan fingerprint density at radius 1 is 1.25 bits per heavy atom. The highest BCUT2D eigenvalue weighted by Crippen LogP contribution is 2.63. The molecule has 3 heteroatoms. The maximum atomic E-state index is 6.12. The second kappa shape index (κ2) is 4.70. The fourth-order valence-electron chi connectivity index (χ4n) is 3.82. The molecule has 2 aliphatic rings. The van der Waals surface area contributed by atoms with Gasteiger partial charge in [-0.2, -0.15) is 10.2 Å². The van der Waals surface area contributed by atoms with Crippen molar-refractivity contribution in [3.63, 3.8) is 0 Å². The van der Waals surface area contributed by atoms with Crippen molar-refractivity contribution in [3.05, 3.63) is 34.9 Å². The molecule has 106 valence electrons. The molecular weight excluding hydrogens is 268 g/mol. The molecule has 1 aromatic carbocycles. The van der Waals surface area contributed by atoms with Crippen LogP contribution in [0.3, 0.4) is 0 Å². The Morgan fingerprint density at radius 2 is 2.00 bits per heavy atom. The van der Waals surface area contributed by atoms with Crippen molar-refractivity contribution in [1.82, 2.24) is 0 Å². The van der Waals surface area contributed by atoms with E-state index in [4.69, 9.17) is 11.6 Å². The molecule has 0 heterocycles. The molecule has 0 N–H and O–H groups in total. The van der Waals surface area contributed by atoms with Crippen LogP contribution < -0.4 is 0 Å². The number of nitrogens with zero attached hydrogens (tertiary/aromatic N) is 2. The fourth-order valence-corrected chi connectivity index (χ4v) is 4.00. The minimum absolute atomic E-state index is 0.218. The summed E-state index contributed by atoms with van der Waals surface area (Å²) in [5.41, 5.74) is 2.76. The van der Waals surface area contributed by atoms with Crippen molar-refractivity contribution in [1.29, 1.82) is 0 Å². The third-order valence-electron chi connectivity index (χ3n) is 5.79. The average Bonchev–Trinajstić information content (AvgIpc) is 2.74. The summed E-state index contributed by atoms with van der Waals surface area (Å²) in [5, 5.41) is 9.55. The normalized spacial score (nSPS) is 33.4. The fraction of sp³-hybridized carbons (Fsp3) is 0.529. The van der Waals surface area contributed by atoms with Crippen molar-refractivity contribution in [2.45, 2.75) is 40.0 Å². The molecule has 2 aliphatic carbocycles. The number of halogens is 1. The van der Waals surface area contributed by atoms with Crippen LogP contribution in [0.4, 0.5) is 0 Å². The Balaban J connectivity index is 1.84. The summed E-state index contributed by atoms with van der Waals surface area (Å²) in [6.45, 7) is 7.11. The number of fused-ring (bicyclic) bond motifs is 2. The molecule has 2 saturated carbocycles. The van der Waals surface area contributed by atoms with Crippen LogP contribution in [-0.4, -0.2) is 11.9 Å². The van der Waals surface area contributed by atoms with Gasteiger partial charge in [-0.15, -0.1) is 0 Å². The van der Waals surface area contributed by atoms with Gasteiger partial charge in [-0.05, 0) is 36.7 Å². The van der Waals surface area contributed by atoms with Crippen LogP contribution in [0.15, 0.2) is 34.5 Å². The smallest absolute Gasteiger partial charge is 0.0583 e. The molecule has 0 unspecified atom stereocenters. The van der Waals surface area contributed by atoms with Gasteiger partial charge in [0.25, 0.3) is 0 Å². The summed E-state index contributed by atoms with van der Waals surface area (Å²) >= 11 is 6.12. The van der Waals surface area contributed by atoms with Crippen molar-refractivity contribution < 1.29 is 0 Å². The van der Waals surface area contributed by atoms with E-state index in [1.807, 2.05) is 24.3 Å². The largest absolute Gasteiger partial charge is 0.160 e. The van der Waals surface area contributed by atoms with Gasteiger partial charge in [0.05, 0.1) is 6.21 Å². The lowest BCUT2D eigenvalue weighted by atomic mass is 9.70. The van der Waals surface area contributed by atoms with Gasteiger partial charge >= 0.3 is 0 Å². The average molecular weight is 289 g/mol. The first-order chi connectivity index (χ1) is 9.45.